The Morgan fingerprint density at radius 1 is 1.27 bits per heavy atom. The summed E-state index contributed by atoms with van der Waals surface area (Å²) in [4.78, 5) is 16.3. The maximum Gasteiger partial charge on any atom is 0.239 e. The number of amides is 1. The fourth-order valence-electron chi connectivity index (χ4n) is 2.48. The number of nitrogens with zero attached hydrogens (tertiary/aromatic N) is 2. The van der Waals surface area contributed by atoms with Crippen LogP contribution in [-0.2, 0) is 4.79 Å². The number of hydrogen-bond acceptors (Lipinski definition) is 3. The van der Waals surface area contributed by atoms with Gasteiger partial charge >= 0.3 is 0 Å². The summed E-state index contributed by atoms with van der Waals surface area (Å²) in [5.41, 5.74) is 0. The van der Waals surface area contributed by atoms with Crippen LogP contribution in [0.3, 0.4) is 0 Å². The molecule has 4 heteroatoms. The molecule has 1 amide bonds. The van der Waals surface area contributed by atoms with Crippen molar-refractivity contribution in [1.29, 1.82) is 0 Å². The number of likely N-dealkylation sites (N-methyl/N-ethyl adjacent to an activating group) is 1. The molecular formula is C11H21N3O. The zero-order valence-corrected chi connectivity index (χ0v) is 9.70. The lowest BCUT2D eigenvalue weighted by atomic mass is 10.0. The zero-order valence-electron chi connectivity index (χ0n) is 9.70. The van der Waals surface area contributed by atoms with Crippen molar-refractivity contribution in [1.82, 2.24) is 15.1 Å². The summed E-state index contributed by atoms with van der Waals surface area (Å²) in [6.07, 6.45) is 2.23. The molecule has 2 fully saturated rings. The first-order valence-corrected chi connectivity index (χ1v) is 5.91. The highest BCUT2D eigenvalue weighted by atomic mass is 16.2. The summed E-state index contributed by atoms with van der Waals surface area (Å²) in [6, 6.07) is 0.545. The van der Waals surface area contributed by atoms with Crippen molar-refractivity contribution in [2.75, 3.05) is 33.2 Å². The molecule has 2 heterocycles. The molecule has 0 spiro atoms. The van der Waals surface area contributed by atoms with E-state index in [1.807, 2.05) is 14.0 Å². The van der Waals surface area contributed by atoms with Crippen molar-refractivity contribution >= 4 is 5.91 Å². The molecule has 0 aliphatic carbocycles. The molecule has 0 radical (unpaired) electrons. The van der Waals surface area contributed by atoms with Gasteiger partial charge in [-0.1, -0.05) is 0 Å². The zero-order chi connectivity index (χ0) is 10.8. The van der Waals surface area contributed by atoms with Gasteiger partial charge in [0, 0.05) is 19.1 Å². The lowest BCUT2D eigenvalue weighted by molar-refractivity contribution is -0.143. The predicted molar refractivity (Wildman–Crippen MR) is 59.7 cm³/mol. The van der Waals surface area contributed by atoms with Crippen molar-refractivity contribution in [3.05, 3.63) is 0 Å². The minimum atomic E-state index is 0.0636. The molecule has 0 aromatic rings. The van der Waals surface area contributed by atoms with Crippen LogP contribution in [0.25, 0.3) is 0 Å². The third-order valence-electron chi connectivity index (χ3n) is 3.74. The van der Waals surface area contributed by atoms with Crippen LogP contribution in [0, 0.1) is 0 Å². The van der Waals surface area contributed by atoms with Crippen LogP contribution in [0.15, 0.2) is 0 Å². The standard InChI is InChI=1S/C11H21N3O/c1-9-11(15)14(8-7-13(9)2)10-3-5-12-6-4-10/h9-10,12H,3-8H2,1-2H3. The van der Waals surface area contributed by atoms with Gasteiger partial charge in [0.1, 0.15) is 0 Å². The van der Waals surface area contributed by atoms with Crippen molar-refractivity contribution in [3.8, 4) is 0 Å². The van der Waals surface area contributed by atoms with Gasteiger partial charge in [-0.2, -0.15) is 0 Å². The van der Waals surface area contributed by atoms with E-state index >= 15 is 0 Å². The van der Waals surface area contributed by atoms with E-state index in [-0.39, 0.29) is 6.04 Å². The molecule has 0 aromatic carbocycles. The van der Waals surface area contributed by atoms with Gasteiger partial charge in [0.15, 0.2) is 0 Å². The molecule has 2 aliphatic heterocycles. The van der Waals surface area contributed by atoms with Gasteiger partial charge in [-0.3, -0.25) is 9.69 Å². The summed E-state index contributed by atoms with van der Waals surface area (Å²) in [5.74, 6) is 0.315. The Hall–Kier alpha value is -0.610. The molecule has 1 unspecified atom stereocenters. The van der Waals surface area contributed by atoms with Crippen LogP contribution in [0.4, 0.5) is 0 Å². The van der Waals surface area contributed by atoms with E-state index in [4.69, 9.17) is 0 Å². The first-order chi connectivity index (χ1) is 7.20. The quantitative estimate of drug-likeness (QED) is 0.658. The predicted octanol–water partition coefficient (Wildman–Crippen LogP) is -0.0991. The van der Waals surface area contributed by atoms with E-state index in [1.54, 1.807) is 0 Å². The molecule has 1 atom stereocenters. The van der Waals surface area contributed by atoms with Gasteiger partial charge in [0.25, 0.3) is 0 Å². The van der Waals surface area contributed by atoms with Gasteiger partial charge in [-0.15, -0.1) is 0 Å². The number of carbonyl (C=O) groups is 1. The van der Waals surface area contributed by atoms with Gasteiger partial charge in [-0.05, 0) is 39.9 Å². The smallest absolute Gasteiger partial charge is 0.239 e. The molecule has 0 bridgehead atoms. The highest BCUT2D eigenvalue weighted by Gasteiger charge is 2.33. The molecular weight excluding hydrogens is 190 g/mol. The van der Waals surface area contributed by atoms with Gasteiger partial charge in [-0.25, -0.2) is 0 Å². The maximum atomic E-state index is 12.1. The van der Waals surface area contributed by atoms with Gasteiger partial charge in [0.2, 0.25) is 5.91 Å². The Morgan fingerprint density at radius 2 is 1.93 bits per heavy atom. The summed E-state index contributed by atoms with van der Waals surface area (Å²) in [5, 5.41) is 3.34. The monoisotopic (exact) mass is 211 g/mol. The Balaban J connectivity index is 1.99. The van der Waals surface area contributed by atoms with E-state index in [9.17, 15) is 4.79 Å². The minimum Gasteiger partial charge on any atom is -0.337 e. The van der Waals surface area contributed by atoms with Crippen molar-refractivity contribution in [2.45, 2.75) is 31.8 Å². The number of carbonyl (C=O) groups excluding carboxylic acids is 1. The lowest BCUT2D eigenvalue weighted by Gasteiger charge is -2.42. The second-order valence-corrected chi connectivity index (χ2v) is 4.67. The highest BCUT2D eigenvalue weighted by molar-refractivity contribution is 5.82. The molecule has 4 nitrogen and oxygen atoms in total. The van der Waals surface area contributed by atoms with E-state index < -0.39 is 0 Å². The topological polar surface area (TPSA) is 35.6 Å². The third-order valence-corrected chi connectivity index (χ3v) is 3.74. The summed E-state index contributed by atoms with van der Waals surface area (Å²) in [7, 11) is 2.03. The fraction of sp³-hybridized carbons (Fsp3) is 0.909. The lowest BCUT2D eigenvalue weighted by Crippen LogP contribution is -2.58. The Bertz CT molecular complexity index is 238. The number of hydrogen-bond donors (Lipinski definition) is 1. The summed E-state index contributed by atoms with van der Waals surface area (Å²) < 4.78 is 0. The van der Waals surface area contributed by atoms with Crippen LogP contribution in [0.5, 0.6) is 0 Å². The molecule has 0 aromatic heterocycles. The van der Waals surface area contributed by atoms with E-state index in [0.29, 0.717) is 11.9 Å². The summed E-state index contributed by atoms with van der Waals surface area (Å²) >= 11 is 0. The number of piperidine rings is 1. The SMILES string of the molecule is CC1C(=O)N(C2CCNCC2)CCN1C. The van der Waals surface area contributed by atoms with E-state index in [0.717, 1.165) is 39.0 Å². The fourth-order valence-corrected chi connectivity index (χ4v) is 2.48. The first-order valence-electron chi connectivity index (χ1n) is 5.91. The van der Waals surface area contributed by atoms with E-state index in [2.05, 4.69) is 15.1 Å². The second-order valence-electron chi connectivity index (χ2n) is 4.67. The van der Waals surface area contributed by atoms with Crippen LogP contribution >= 0.6 is 0 Å². The van der Waals surface area contributed by atoms with E-state index in [1.165, 1.54) is 0 Å². The number of rotatable bonds is 1. The Morgan fingerprint density at radius 3 is 2.60 bits per heavy atom. The Labute approximate surface area is 91.6 Å². The average Bonchev–Trinajstić information content (AvgIpc) is 2.27. The third kappa shape index (κ3) is 2.16. The molecule has 15 heavy (non-hydrogen) atoms. The van der Waals surface area contributed by atoms with Crippen molar-refractivity contribution in [3.63, 3.8) is 0 Å². The number of piperazine rings is 1. The second kappa shape index (κ2) is 4.49. The maximum absolute atomic E-state index is 12.1. The molecule has 2 aliphatic rings. The van der Waals surface area contributed by atoms with Crippen LogP contribution in [0.2, 0.25) is 0 Å². The van der Waals surface area contributed by atoms with Gasteiger partial charge in [0.05, 0.1) is 6.04 Å². The average molecular weight is 211 g/mol. The van der Waals surface area contributed by atoms with Crippen LogP contribution < -0.4 is 5.32 Å². The molecule has 2 rings (SSSR count). The molecule has 0 saturated carbocycles. The first kappa shape index (κ1) is 10.9. The van der Waals surface area contributed by atoms with Crippen molar-refractivity contribution < 1.29 is 4.79 Å². The Kier molecular flexibility index (Phi) is 3.26. The van der Waals surface area contributed by atoms with Gasteiger partial charge < -0.3 is 10.2 Å². The van der Waals surface area contributed by atoms with Crippen LogP contribution in [0.1, 0.15) is 19.8 Å². The summed E-state index contributed by atoms with van der Waals surface area (Å²) in [6.45, 7) is 6.04. The van der Waals surface area contributed by atoms with Crippen molar-refractivity contribution in [2.24, 2.45) is 0 Å². The normalized spacial score (nSPS) is 30.9. The van der Waals surface area contributed by atoms with Crippen LogP contribution in [-0.4, -0.2) is 61.0 Å². The molecule has 1 N–H and O–H groups in total. The molecule has 86 valence electrons. The number of nitrogens with one attached hydrogen (secondary N) is 1. The minimum absolute atomic E-state index is 0.0636. The largest absolute Gasteiger partial charge is 0.337 e. The highest BCUT2D eigenvalue weighted by Crippen LogP contribution is 2.17. The molecule has 2 saturated heterocycles.